The van der Waals surface area contributed by atoms with Crippen LogP contribution in [0.25, 0.3) is 0 Å². The van der Waals surface area contributed by atoms with Gasteiger partial charge in [0.1, 0.15) is 5.75 Å². The number of nitrogens with zero attached hydrogens (tertiary/aromatic N) is 1. The van der Waals surface area contributed by atoms with Crippen LogP contribution in [0.3, 0.4) is 0 Å². The van der Waals surface area contributed by atoms with Crippen LogP contribution in [0.1, 0.15) is 32.3 Å². The summed E-state index contributed by atoms with van der Waals surface area (Å²) in [5.74, 6) is 0.687. The molecule has 0 heterocycles. The molecule has 1 atom stereocenters. The highest BCUT2D eigenvalue weighted by molar-refractivity contribution is 5.44. The Balaban J connectivity index is 2.34. The Labute approximate surface area is 114 Å². The van der Waals surface area contributed by atoms with E-state index >= 15 is 0 Å². The summed E-state index contributed by atoms with van der Waals surface area (Å²) in [5, 5.41) is 14.1. The molecule has 0 aliphatic heterocycles. The molecule has 0 aliphatic rings. The van der Waals surface area contributed by atoms with E-state index in [1.54, 1.807) is 19.1 Å². The van der Waals surface area contributed by atoms with Gasteiger partial charge in [0.05, 0.1) is 11.5 Å². The maximum absolute atomic E-state index is 10.7. The fourth-order valence-corrected chi connectivity index (χ4v) is 1.68. The van der Waals surface area contributed by atoms with Gasteiger partial charge in [-0.05, 0) is 45.4 Å². The third kappa shape index (κ3) is 5.26. The van der Waals surface area contributed by atoms with Crippen LogP contribution in [-0.2, 0) is 0 Å². The van der Waals surface area contributed by atoms with Gasteiger partial charge >= 0.3 is 0 Å². The Morgan fingerprint density at radius 2 is 2.21 bits per heavy atom. The normalized spacial score (nSPS) is 12.2. The number of nitro groups is 1. The molecule has 0 saturated heterocycles. The largest absolute Gasteiger partial charge is 0.494 e. The first-order valence-corrected chi connectivity index (χ1v) is 6.65. The average Bonchev–Trinajstić information content (AvgIpc) is 2.37. The number of nitrogens with one attached hydrogen (secondary N) is 1. The maximum atomic E-state index is 10.7. The van der Waals surface area contributed by atoms with Crippen LogP contribution in [0.15, 0.2) is 18.2 Å². The molecule has 1 aromatic rings. The molecule has 0 bridgehead atoms. The van der Waals surface area contributed by atoms with Gasteiger partial charge in [-0.1, -0.05) is 6.92 Å². The van der Waals surface area contributed by atoms with E-state index in [0.29, 0.717) is 24.0 Å². The number of hydrogen-bond acceptors (Lipinski definition) is 4. The van der Waals surface area contributed by atoms with E-state index in [4.69, 9.17) is 4.74 Å². The zero-order valence-corrected chi connectivity index (χ0v) is 11.8. The summed E-state index contributed by atoms with van der Waals surface area (Å²) in [7, 11) is 0. The molecule has 0 aliphatic carbocycles. The fraction of sp³-hybridized carbons (Fsp3) is 0.571. The Kier molecular flexibility index (Phi) is 6.29. The molecule has 0 radical (unpaired) electrons. The second-order valence-corrected chi connectivity index (χ2v) is 4.67. The van der Waals surface area contributed by atoms with Crippen molar-refractivity contribution in [2.45, 2.75) is 39.7 Å². The number of aryl methyl sites for hydroxylation is 1. The summed E-state index contributed by atoms with van der Waals surface area (Å²) in [6.45, 7) is 7.55. The van der Waals surface area contributed by atoms with Gasteiger partial charge in [-0.2, -0.15) is 0 Å². The first kappa shape index (κ1) is 15.4. The lowest BCUT2D eigenvalue weighted by Crippen LogP contribution is -2.27. The molecule has 0 spiro atoms. The van der Waals surface area contributed by atoms with Crippen molar-refractivity contribution in [2.24, 2.45) is 0 Å². The van der Waals surface area contributed by atoms with Crippen molar-refractivity contribution >= 4 is 5.69 Å². The average molecular weight is 266 g/mol. The lowest BCUT2D eigenvalue weighted by Gasteiger charge is -2.11. The minimum absolute atomic E-state index is 0.130. The molecule has 0 aromatic heterocycles. The van der Waals surface area contributed by atoms with Gasteiger partial charge < -0.3 is 10.1 Å². The van der Waals surface area contributed by atoms with Crippen LogP contribution in [0.2, 0.25) is 0 Å². The molecule has 1 rings (SSSR count). The van der Waals surface area contributed by atoms with E-state index in [9.17, 15) is 10.1 Å². The second kappa shape index (κ2) is 7.74. The molecule has 1 aromatic carbocycles. The molecule has 19 heavy (non-hydrogen) atoms. The van der Waals surface area contributed by atoms with Crippen LogP contribution < -0.4 is 10.1 Å². The number of nitro benzene ring substituents is 1. The molecule has 0 fully saturated rings. The topological polar surface area (TPSA) is 64.4 Å². The van der Waals surface area contributed by atoms with E-state index < -0.39 is 0 Å². The summed E-state index contributed by atoms with van der Waals surface area (Å²) in [4.78, 5) is 10.3. The summed E-state index contributed by atoms with van der Waals surface area (Å²) in [6.07, 6.45) is 2.03. The zero-order chi connectivity index (χ0) is 14.3. The van der Waals surface area contributed by atoms with Crippen LogP contribution in [-0.4, -0.2) is 24.1 Å². The third-order valence-electron chi connectivity index (χ3n) is 3.06. The summed E-state index contributed by atoms with van der Waals surface area (Å²) in [6, 6.07) is 5.37. The standard InChI is InChI=1S/C14H22N2O3/c1-4-12(3)15-8-5-9-19-13-6-7-14(16(17)18)11(2)10-13/h6-7,10,12,15H,4-5,8-9H2,1-3H3/t12-/m0/s1. The van der Waals surface area contributed by atoms with Gasteiger partial charge in [-0.15, -0.1) is 0 Å². The van der Waals surface area contributed by atoms with Crippen molar-refractivity contribution in [3.05, 3.63) is 33.9 Å². The summed E-state index contributed by atoms with van der Waals surface area (Å²) in [5.41, 5.74) is 0.756. The fourth-order valence-electron chi connectivity index (χ4n) is 1.68. The number of ether oxygens (including phenoxy) is 1. The Morgan fingerprint density at radius 3 is 2.79 bits per heavy atom. The van der Waals surface area contributed by atoms with Crippen molar-refractivity contribution in [1.82, 2.24) is 5.32 Å². The molecule has 5 heteroatoms. The lowest BCUT2D eigenvalue weighted by atomic mass is 10.2. The smallest absolute Gasteiger partial charge is 0.272 e. The summed E-state index contributed by atoms with van der Waals surface area (Å²) < 4.78 is 5.57. The highest BCUT2D eigenvalue weighted by Crippen LogP contribution is 2.22. The number of rotatable bonds is 8. The van der Waals surface area contributed by atoms with E-state index in [-0.39, 0.29) is 10.6 Å². The van der Waals surface area contributed by atoms with Gasteiger partial charge in [0, 0.05) is 17.7 Å². The Hall–Kier alpha value is -1.62. The first-order chi connectivity index (χ1) is 9.04. The number of benzene rings is 1. The van der Waals surface area contributed by atoms with Gasteiger partial charge in [-0.3, -0.25) is 10.1 Å². The number of hydrogen-bond donors (Lipinski definition) is 1. The van der Waals surface area contributed by atoms with Crippen molar-refractivity contribution in [1.29, 1.82) is 0 Å². The van der Waals surface area contributed by atoms with Crippen molar-refractivity contribution in [3.8, 4) is 5.75 Å². The minimum Gasteiger partial charge on any atom is -0.494 e. The van der Waals surface area contributed by atoms with E-state index in [0.717, 1.165) is 19.4 Å². The molecular weight excluding hydrogens is 244 g/mol. The van der Waals surface area contributed by atoms with E-state index in [1.807, 2.05) is 0 Å². The minimum atomic E-state index is -0.380. The third-order valence-corrected chi connectivity index (χ3v) is 3.06. The van der Waals surface area contributed by atoms with Gasteiger partial charge in [-0.25, -0.2) is 0 Å². The summed E-state index contributed by atoms with van der Waals surface area (Å²) >= 11 is 0. The predicted octanol–water partition coefficient (Wildman–Crippen LogP) is 3.06. The molecule has 5 nitrogen and oxygen atoms in total. The first-order valence-electron chi connectivity index (χ1n) is 6.65. The molecular formula is C14H22N2O3. The van der Waals surface area contributed by atoms with Gasteiger partial charge in [0.25, 0.3) is 5.69 Å². The van der Waals surface area contributed by atoms with Crippen LogP contribution in [0.5, 0.6) is 5.75 Å². The maximum Gasteiger partial charge on any atom is 0.272 e. The predicted molar refractivity (Wildman–Crippen MR) is 75.7 cm³/mol. The van der Waals surface area contributed by atoms with Crippen LogP contribution in [0, 0.1) is 17.0 Å². The highest BCUT2D eigenvalue weighted by atomic mass is 16.6. The lowest BCUT2D eigenvalue weighted by molar-refractivity contribution is -0.385. The van der Waals surface area contributed by atoms with Crippen molar-refractivity contribution < 1.29 is 9.66 Å². The monoisotopic (exact) mass is 266 g/mol. The van der Waals surface area contributed by atoms with E-state index in [2.05, 4.69) is 19.2 Å². The zero-order valence-electron chi connectivity index (χ0n) is 11.8. The van der Waals surface area contributed by atoms with Gasteiger partial charge in [0.2, 0.25) is 0 Å². The second-order valence-electron chi connectivity index (χ2n) is 4.67. The van der Waals surface area contributed by atoms with Crippen LogP contribution >= 0.6 is 0 Å². The SMILES string of the molecule is CC[C@H](C)NCCCOc1ccc([N+](=O)[O-])c(C)c1. The van der Waals surface area contributed by atoms with Gasteiger partial charge in [0.15, 0.2) is 0 Å². The van der Waals surface area contributed by atoms with Crippen molar-refractivity contribution in [2.75, 3.05) is 13.2 Å². The Morgan fingerprint density at radius 1 is 1.47 bits per heavy atom. The van der Waals surface area contributed by atoms with Crippen molar-refractivity contribution in [3.63, 3.8) is 0 Å². The molecule has 0 amide bonds. The van der Waals surface area contributed by atoms with Crippen LogP contribution in [0.4, 0.5) is 5.69 Å². The Bertz CT molecular complexity index is 421. The molecule has 0 unspecified atom stereocenters. The highest BCUT2D eigenvalue weighted by Gasteiger charge is 2.10. The quantitative estimate of drug-likeness (QED) is 0.446. The molecule has 0 saturated carbocycles. The molecule has 106 valence electrons. The molecule has 1 N–H and O–H groups in total. The van der Waals surface area contributed by atoms with E-state index in [1.165, 1.54) is 6.07 Å².